The van der Waals surface area contributed by atoms with E-state index >= 15 is 0 Å². The van der Waals surface area contributed by atoms with Crippen LogP contribution in [0.4, 0.5) is 29.5 Å². The lowest BCUT2D eigenvalue weighted by Gasteiger charge is -2.15. The molecule has 3 rings (SSSR count). The fourth-order valence-corrected chi connectivity index (χ4v) is 3.49. The zero-order valence-corrected chi connectivity index (χ0v) is 18.7. The van der Waals surface area contributed by atoms with Gasteiger partial charge in [0.25, 0.3) is 0 Å². The molecule has 2 aromatic heterocycles. The van der Waals surface area contributed by atoms with Crippen molar-refractivity contribution >= 4 is 27.6 Å². The smallest absolute Gasteiger partial charge is 0.413 e. The summed E-state index contributed by atoms with van der Waals surface area (Å²) in [5.41, 5.74) is 0.685. The molecule has 0 aliphatic heterocycles. The molecular weight excluding hydrogens is 465 g/mol. The second-order valence-electron chi connectivity index (χ2n) is 7.07. The number of nitrogens with one attached hydrogen (secondary N) is 2. The molecule has 0 bridgehead atoms. The van der Waals surface area contributed by atoms with E-state index in [1.807, 2.05) is 0 Å². The van der Waals surface area contributed by atoms with E-state index in [-0.39, 0.29) is 28.5 Å². The highest BCUT2D eigenvalue weighted by Crippen LogP contribution is 2.28. The van der Waals surface area contributed by atoms with Gasteiger partial charge in [-0.15, -0.1) is 5.10 Å². The summed E-state index contributed by atoms with van der Waals surface area (Å²) in [6.45, 7) is 2.86. The highest BCUT2D eigenvalue weighted by Gasteiger charge is 2.22. The maximum absolute atomic E-state index is 13.9. The highest BCUT2D eigenvalue weighted by molar-refractivity contribution is 7.92. The first kappa shape index (κ1) is 24.0. The molecule has 0 saturated heterocycles. The van der Waals surface area contributed by atoms with E-state index in [0.29, 0.717) is 17.8 Å². The maximum atomic E-state index is 13.9. The third-order valence-corrected chi connectivity index (χ3v) is 5.02. The van der Waals surface area contributed by atoms with Crippen molar-refractivity contribution in [2.24, 2.45) is 7.05 Å². The van der Waals surface area contributed by atoms with Crippen LogP contribution in [0.15, 0.2) is 24.3 Å². The number of aryl methyl sites for hydroxylation is 2. The summed E-state index contributed by atoms with van der Waals surface area (Å²) in [4.78, 5) is 16.7. The molecule has 176 valence electrons. The first-order valence-corrected chi connectivity index (χ1v) is 11.2. The summed E-state index contributed by atoms with van der Waals surface area (Å²) in [5.74, 6) is -3.64. The van der Waals surface area contributed by atoms with E-state index in [4.69, 9.17) is 4.74 Å². The Labute approximate surface area is 186 Å². The molecule has 0 unspecified atom stereocenters. The number of hydrogen-bond acceptors (Lipinski definition) is 7. The van der Waals surface area contributed by atoms with Crippen LogP contribution in [0.25, 0.3) is 11.4 Å². The number of anilines is 2. The van der Waals surface area contributed by atoms with Crippen LogP contribution in [0.2, 0.25) is 0 Å². The number of nitrogens with zero attached hydrogens (tertiary/aromatic N) is 4. The predicted molar refractivity (Wildman–Crippen MR) is 112 cm³/mol. The molecule has 0 aliphatic rings. The van der Waals surface area contributed by atoms with Gasteiger partial charge in [-0.3, -0.25) is 10.0 Å². The molecule has 0 saturated carbocycles. The molecule has 1 atom stereocenters. The SMILES string of the molecule is Cc1nc(-c2nnn(C)c2NC(=O)O[C@H](C)c2cc(F)c(F)cc2F)ccc1NS(C)(=O)=O. The molecule has 1 amide bonds. The molecule has 2 heterocycles. The number of carbonyl (C=O) groups is 1. The van der Waals surface area contributed by atoms with Gasteiger partial charge in [0.05, 0.1) is 23.3 Å². The Balaban J connectivity index is 1.81. The van der Waals surface area contributed by atoms with Crippen molar-refractivity contribution in [2.45, 2.75) is 20.0 Å². The van der Waals surface area contributed by atoms with Crippen molar-refractivity contribution in [3.8, 4) is 11.4 Å². The fourth-order valence-electron chi connectivity index (χ4n) is 2.87. The molecule has 1 aromatic carbocycles. The van der Waals surface area contributed by atoms with Gasteiger partial charge in [0.1, 0.15) is 11.9 Å². The van der Waals surface area contributed by atoms with Gasteiger partial charge in [0.15, 0.2) is 23.1 Å². The number of carbonyl (C=O) groups excluding carboxylic acids is 1. The van der Waals surface area contributed by atoms with Crippen LogP contribution in [0.5, 0.6) is 0 Å². The number of ether oxygens (including phenoxy) is 1. The number of aromatic nitrogens is 4. The van der Waals surface area contributed by atoms with Crippen molar-refractivity contribution < 1.29 is 31.1 Å². The third-order valence-electron chi connectivity index (χ3n) is 4.43. The van der Waals surface area contributed by atoms with Crippen molar-refractivity contribution in [2.75, 3.05) is 16.3 Å². The minimum Gasteiger partial charge on any atom is -0.441 e. The molecule has 0 fully saturated rings. The van der Waals surface area contributed by atoms with E-state index in [1.54, 1.807) is 6.92 Å². The third kappa shape index (κ3) is 5.58. The van der Waals surface area contributed by atoms with E-state index in [0.717, 1.165) is 6.26 Å². The van der Waals surface area contributed by atoms with Gasteiger partial charge in [-0.05, 0) is 32.0 Å². The Bertz CT molecular complexity index is 1330. The van der Waals surface area contributed by atoms with Gasteiger partial charge in [0, 0.05) is 18.7 Å². The standard InChI is InChI=1S/C19H19F3N6O4S/c1-9-15(26-33(4,30)31)5-6-16(23-9)17-18(28(3)27-25-17)24-19(29)32-10(2)11-7-13(21)14(22)8-12(11)20/h5-8,10,26H,1-4H3,(H,24,29)/t10-/m1/s1. The Morgan fingerprint density at radius 2 is 1.82 bits per heavy atom. The van der Waals surface area contributed by atoms with Gasteiger partial charge < -0.3 is 4.74 Å². The molecule has 0 radical (unpaired) electrons. The Morgan fingerprint density at radius 1 is 1.15 bits per heavy atom. The van der Waals surface area contributed by atoms with Crippen LogP contribution in [-0.4, -0.2) is 40.7 Å². The van der Waals surface area contributed by atoms with Crippen molar-refractivity contribution in [1.29, 1.82) is 0 Å². The lowest BCUT2D eigenvalue weighted by Crippen LogP contribution is -2.19. The van der Waals surface area contributed by atoms with E-state index < -0.39 is 39.7 Å². The van der Waals surface area contributed by atoms with E-state index in [9.17, 15) is 26.4 Å². The fraction of sp³-hybridized carbons (Fsp3) is 0.263. The zero-order valence-electron chi connectivity index (χ0n) is 17.9. The summed E-state index contributed by atoms with van der Waals surface area (Å²) in [6, 6.07) is 3.92. The van der Waals surface area contributed by atoms with Gasteiger partial charge in [-0.1, -0.05) is 5.21 Å². The molecule has 3 aromatic rings. The van der Waals surface area contributed by atoms with Crippen molar-refractivity contribution in [1.82, 2.24) is 20.0 Å². The van der Waals surface area contributed by atoms with E-state index in [1.165, 1.54) is 30.8 Å². The average Bonchev–Trinajstić information content (AvgIpc) is 3.05. The summed E-state index contributed by atoms with van der Waals surface area (Å²) >= 11 is 0. The molecule has 0 aliphatic carbocycles. The zero-order chi connectivity index (χ0) is 24.5. The molecule has 33 heavy (non-hydrogen) atoms. The van der Waals surface area contributed by atoms with Crippen LogP contribution in [0.1, 0.15) is 24.3 Å². The number of amides is 1. The largest absolute Gasteiger partial charge is 0.441 e. The summed E-state index contributed by atoms with van der Waals surface area (Å²) in [7, 11) is -2.02. The molecular formula is C19H19F3N6O4S. The van der Waals surface area contributed by atoms with Crippen molar-refractivity contribution in [3.63, 3.8) is 0 Å². The van der Waals surface area contributed by atoms with E-state index in [2.05, 4.69) is 25.3 Å². The number of pyridine rings is 1. The van der Waals surface area contributed by atoms with Crippen molar-refractivity contribution in [3.05, 3.63) is 53.0 Å². The summed E-state index contributed by atoms with van der Waals surface area (Å²) < 4.78 is 72.0. The number of halogens is 3. The second-order valence-corrected chi connectivity index (χ2v) is 8.82. The average molecular weight is 484 g/mol. The lowest BCUT2D eigenvalue weighted by molar-refractivity contribution is 0.118. The number of sulfonamides is 1. The molecule has 0 spiro atoms. The Kier molecular flexibility index (Phi) is 6.58. The van der Waals surface area contributed by atoms with Gasteiger partial charge in [0.2, 0.25) is 10.0 Å². The van der Waals surface area contributed by atoms with Gasteiger partial charge >= 0.3 is 6.09 Å². The molecule has 14 heteroatoms. The number of benzene rings is 1. The van der Waals surface area contributed by atoms with Crippen LogP contribution >= 0.6 is 0 Å². The minimum atomic E-state index is -3.51. The Morgan fingerprint density at radius 3 is 2.45 bits per heavy atom. The highest BCUT2D eigenvalue weighted by atomic mass is 32.2. The number of rotatable bonds is 6. The molecule has 10 nitrogen and oxygen atoms in total. The number of hydrogen-bond donors (Lipinski definition) is 2. The van der Waals surface area contributed by atoms with Gasteiger partial charge in [-0.25, -0.2) is 36.0 Å². The molecule has 2 N–H and O–H groups in total. The predicted octanol–water partition coefficient (Wildman–Crippen LogP) is 3.28. The summed E-state index contributed by atoms with van der Waals surface area (Å²) in [6.07, 6.45) is -1.28. The Hall–Kier alpha value is -3.68. The first-order chi connectivity index (χ1) is 15.4. The van der Waals surface area contributed by atoms with Crippen LogP contribution in [0.3, 0.4) is 0 Å². The normalized spacial score (nSPS) is 12.3. The van der Waals surface area contributed by atoms with Crippen LogP contribution in [0, 0.1) is 24.4 Å². The topological polar surface area (TPSA) is 128 Å². The second kappa shape index (κ2) is 9.05. The lowest BCUT2D eigenvalue weighted by atomic mass is 10.1. The first-order valence-electron chi connectivity index (χ1n) is 9.33. The quantitative estimate of drug-likeness (QED) is 0.514. The van der Waals surface area contributed by atoms with Gasteiger partial charge in [-0.2, -0.15) is 0 Å². The monoisotopic (exact) mass is 484 g/mol. The summed E-state index contributed by atoms with van der Waals surface area (Å²) in [5, 5.41) is 10.2. The van der Waals surface area contributed by atoms with Crippen LogP contribution in [-0.2, 0) is 21.8 Å². The minimum absolute atomic E-state index is 0.0775. The maximum Gasteiger partial charge on any atom is 0.413 e. The van der Waals surface area contributed by atoms with Crippen LogP contribution < -0.4 is 10.0 Å².